The van der Waals surface area contributed by atoms with Crippen molar-refractivity contribution in [3.63, 3.8) is 0 Å². The molecule has 1 N–H and O–H groups in total. The third-order valence-electron chi connectivity index (χ3n) is 5.22. The zero-order valence-electron chi connectivity index (χ0n) is 18.3. The first-order chi connectivity index (χ1) is 16.3. The van der Waals surface area contributed by atoms with Crippen molar-refractivity contribution in [2.45, 2.75) is 17.9 Å². The monoisotopic (exact) mass is 494 g/mol. The highest BCUT2D eigenvalue weighted by atomic mass is 32.2. The summed E-state index contributed by atoms with van der Waals surface area (Å²) in [6.45, 7) is 2.72. The number of ether oxygens (including phenoxy) is 4. The van der Waals surface area contributed by atoms with E-state index in [1.54, 1.807) is 18.2 Å². The van der Waals surface area contributed by atoms with Gasteiger partial charge in [-0.3, -0.25) is 4.79 Å². The predicted molar refractivity (Wildman–Crippen MR) is 117 cm³/mol. The van der Waals surface area contributed by atoms with Gasteiger partial charge in [0.25, 0.3) is 5.91 Å². The van der Waals surface area contributed by atoms with Crippen molar-refractivity contribution in [1.82, 2.24) is 4.31 Å². The average Bonchev–Trinajstić information content (AvgIpc) is 2.84. The van der Waals surface area contributed by atoms with Crippen LogP contribution in [0.15, 0.2) is 41.3 Å². The number of fused-ring (bicyclic) bond motifs is 1. The van der Waals surface area contributed by atoms with E-state index in [2.05, 4.69) is 5.32 Å². The second-order valence-electron chi connectivity index (χ2n) is 7.56. The number of halogens is 1. The Morgan fingerprint density at radius 1 is 1.03 bits per heavy atom. The number of hydrogen-bond acceptors (Lipinski definition) is 8. The molecule has 1 amide bonds. The molecule has 2 aliphatic rings. The lowest BCUT2D eigenvalue weighted by Crippen LogP contribution is -2.41. The Labute approximate surface area is 195 Å². The zero-order chi connectivity index (χ0) is 24.3. The molecule has 1 saturated heterocycles. The van der Waals surface area contributed by atoms with Crippen molar-refractivity contribution in [2.75, 3.05) is 44.8 Å². The fourth-order valence-corrected chi connectivity index (χ4v) is 4.90. The molecule has 0 unspecified atom stereocenters. The van der Waals surface area contributed by atoms with Crippen molar-refractivity contribution in [1.29, 1.82) is 0 Å². The number of hydrogen-bond donors (Lipinski definition) is 1. The Kier molecular flexibility index (Phi) is 7.00. The van der Waals surface area contributed by atoms with Gasteiger partial charge in [-0.05, 0) is 37.3 Å². The highest BCUT2D eigenvalue weighted by molar-refractivity contribution is 7.89. The van der Waals surface area contributed by atoms with Crippen molar-refractivity contribution in [3.8, 4) is 11.5 Å². The van der Waals surface area contributed by atoms with Crippen LogP contribution in [-0.2, 0) is 24.3 Å². The van der Waals surface area contributed by atoms with E-state index in [0.717, 1.165) is 22.5 Å². The van der Waals surface area contributed by atoms with E-state index in [1.807, 2.05) is 0 Å². The summed E-state index contributed by atoms with van der Waals surface area (Å²) in [5, 5.41) is 2.61. The highest BCUT2D eigenvalue weighted by Crippen LogP contribution is 2.32. The SMILES string of the molecule is C[C@@H](OC(=O)c1ccc(F)c(S(=O)(=O)N2CCOCC2)c1)C(=O)Nc1ccc2c(c1)OCCO2. The van der Waals surface area contributed by atoms with E-state index in [0.29, 0.717) is 30.4 Å². The molecule has 0 radical (unpaired) electrons. The molecular weight excluding hydrogens is 471 g/mol. The normalized spacial score (nSPS) is 17.0. The number of esters is 1. The number of carbonyl (C=O) groups excluding carboxylic acids is 2. The maximum Gasteiger partial charge on any atom is 0.338 e. The lowest BCUT2D eigenvalue weighted by molar-refractivity contribution is -0.123. The maximum absolute atomic E-state index is 14.4. The molecule has 0 saturated carbocycles. The van der Waals surface area contributed by atoms with Gasteiger partial charge in [0.05, 0.1) is 18.8 Å². The Hall–Kier alpha value is -3.22. The molecule has 0 bridgehead atoms. The van der Waals surface area contributed by atoms with Crippen LogP contribution in [0.4, 0.5) is 10.1 Å². The van der Waals surface area contributed by atoms with E-state index >= 15 is 0 Å². The summed E-state index contributed by atoms with van der Waals surface area (Å²) in [7, 11) is -4.17. The van der Waals surface area contributed by atoms with Gasteiger partial charge in [0.1, 0.15) is 23.9 Å². The van der Waals surface area contributed by atoms with Crippen LogP contribution in [0.2, 0.25) is 0 Å². The van der Waals surface area contributed by atoms with Crippen molar-refractivity contribution >= 4 is 27.6 Å². The number of nitrogens with one attached hydrogen (secondary N) is 1. The van der Waals surface area contributed by atoms with Gasteiger partial charge in [-0.15, -0.1) is 0 Å². The minimum atomic E-state index is -4.17. The van der Waals surface area contributed by atoms with Crippen LogP contribution in [0.3, 0.4) is 0 Å². The number of carbonyl (C=O) groups is 2. The first kappa shape index (κ1) is 23.9. The molecule has 0 spiro atoms. The number of benzene rings is 2. The number of morpholine rings is 1. The van der Waals surface area contributed by atoms with Crippen LogP contribution in [0, 0.1) is 5.82 Å². The van der Waals surface area contributed by atoms with Crippen LogP contribution in [-0.4, -0.2) is 70.2 Å². The van der Waals surface area contributed by atoms with Crippen LogP contribution in [0.5, 0.6) is 11.5 Å². The Balaban J connectivity index is 1.44. The maximum atomic E-state index is 14.4. The summed E-state index contributed by atoms with van der Waals surface area (Å²) < 4.78 is 62.3. The number of rotatable bonds is 6. The summed E-state index contributed by atoms with van der Waals surface area (Å²) in [5.74, 6) is -1.54. The Morgan fingerprint density at radius 2 is 1.74 bits per heavy atom. The van der Waals surface area contributed by atoms with Gasteiger partial charge in [-0.1, -0.05) is 0 Å². The van der Waals surface area contributed by atoms with E-state index in [1.165, 1.54) is 6.92 Å². The molecule has 1 atom stereocenters. The second kappa shape index (κ2) is 9.95. The molecule has 2 aliphatic heterocycles. The number of amides is 1. The van der Waals surface area contributed by atoms with Gasteiger partial charge in [0.15, 0.2) is 17.6 Å². The van der Waals surface area contributed by atoms with Crippen molar-refractivity contribution in [3.05, 3.63) is 47.8 Å². The second-order valence-corrected chi connectivity index (χ2v) is 9.46. The van der Waals surface area contributed by atoms with E-state index in [9.17, 15) is 22.4 Å². The number of anilines is 1. The quantitative estimate of drug-likeness (QED) is 0.604. The predicted octanol–water partition coefficient (Wildman–Crippen LogP) is 1.80. The first-order valence-corrected chi connectivity index (χ1v) is 12.0. The summed E-state index contributed by atoms with van der Waals surface area (Å²) >= 11 is 0. The molecule has 2 heterocycles. The lowest BCUT2D eigenvalue weighted by Gasteiger charge is -2.26. The smallest absolute Gasteiger partial charge is 0.338 e. The largest absolute Gasteiger partial charge is 0.486 e. The van der Waals surface area contributed by atoms with Crippen molar-refractivity contribution in [2.24, 2.45) is 0 Å². The zero-order valence-corrected chi connectivity index (χ0v) is 19.1. The Bertz CT molecular complexity index is 1200. The van der Waals surface area contributed by atoms with Crippen LogP contribution in [0.25, 0.3) is 0 Å². The van der Waals surface area contributed by atoms with E-state index in [4.69, 9.17) is 18.9 Å². The van der Waals surface area contributed by atoms with Crippen LogP contribution in [0.1, 0.15) is 17.3 Å². The topological polar surface area (TPSA) is 120 Å². The molecule has 0 aliphatic carbocycles. The number of sulfonamides is 1. The number of nitrogens with zero attached hydrogens (tertiary/aromatic N) is 1. The molecule has 182 valence electrons. The summed E-state index contributed by atoms with van der Waals surface area (Å²) in [6, 6.07) is 7.74. The van der Waals surface area contributed by atoms with Gasteiger partial charge in [0, 0.05) is 24.8 Å². The average molecular weight is 494 g/mol. The summed E-state index contributed by atoms with van der Waals surface area (Å²) in [4.78, 5) is 24.4. The minimum absolute atomic E-state index is 0.0769. The van der Waals surface area contributed by atoms with Crippen LogP contribution >= 0.6 is 0 Å². The lowest BCUT2D eigenvalue weighted by atomic mass is 10.2. The molecule has 34 heavy (non-hydrogen) atoms. The molecule has 4 rings (SSSR count). The first-order valence-electron chi connectivity index (χ1n) is 10.5. The van der Waals surface area contributed by atoms with Crippen molar-refractivity contribution < 1.29 is 41.3 Å². The van der Waals surface area contributed by atoms with E-state index in [-0.39, 0.29) is 31.9 Å². The fourth-order valence-electron chi connectivity index (χ4n) is 3.40. The fraction of sp³-hybridized carbons (Fsp3) is 0.364. The van der Waals surface area contributed by atoms with Gasteiger partial charge >= 0.3 is 5.97 Å². The molecule has 2 aromatic rings. The third kappa shape index (κ3) is 5.13. The minimum Gasteiger partial charge on any atom is -0.486 e. The third-order valence-corrected chi connectivity index (χ3v) is 7.13. The summed E-state index contributed by atoms with van der Waals surface area (Å²) in [5.41, 5.74) is 0.213. The van der Waals surface area contributed by atoms with Gasteiger partial charge in [-0.25, -0.2) is 17.6 Å². The van der Waals surface area contributed by atoms with Gasteiger partial charge < -0.3 is 24.3 Å². The highest BCUT2D eigenvalue weighted by Gasteiger charge is 2.30. The van der Waals surface area contributed by atoms with E-state index < -0.39 is 38.7 Å². The molecule has 0 aromatic heterocycles. The van der Waals surface area contributed by atoms with Gasteiger partial charge in [-0.2, -0.15) is 4.31 Å². The molecule has 2 aromatic carbocycles. The van der Waals surface area contributed by atoms with Crippen LogP contribution < -0.4 is 14.8 Å². The van der Waals surface area contributed by atoms with Gasteiger partial charge in [0.2, 0.25) is 10.0 Å². The standard InChI is InChI=1S/C22H23FN2O8S/c1-14(21(26)24-16-3-5-18-19(13-16)32-11-10-31-18)33-22(27)15-2-4-17(23)20(12-15)34(28,29)25-6-8-30-9-7-25/h2-5,12-14H,6-11H2,1H3,(H,24,26)/t14-/m1/s1. The Morgan fingerprint density at radius 3 is 2.47 bits per heavy atom. The molecule has 10 nitrogen and oxygen atoms in total. The molecule has 12 heteroatoms. The molecular formula is C22H23FN2O8S. The molecule has 1 fully saturated rings. The summed E-state index contributed by atoms with van der Waals surface area (Å²) in [6.07, 6.45) is -1.22.